The van der Waals surface area contributed by atoms with E-state index in [2.05, 4.69) is 10.6 Å². The zero-order valence-corrected chi connectivity index (χ0v) is 18.7. The van der Waals surface area contributed by atoms with Crippen LogP contribution in [0.4, 0.5) is 18.9 Å². The highest BCUT2D eigenvalue weighted by Gasteiger charge is 2.34. The molecule has 0 unspecified atom stereocenters. The number of hydrogen-bond donors (Lipinski definition) is 2. The van der Waals surface area contributed by atoms with Gasteiger partial charge in [0.05, 0.1) is 10.6 Å². The Kier molecular flexibility index (Phi) is 7.75. The van der Waals surface area contributed by atoms with Crippen LogP contribution in [0.25, 0.3) is 0 Å². The number of benzene rings is 2. The van der Waals surface area contributed by atoms with Crippen LogP contribution in [-0.2, 0) is 19.6 Å². The number of piperidine rings is 1. The summed E-state index contributed by atoms with van der Waals surface area (Å²) in [6.07, 6.45) is 2.30. The van der Waals surface area contributed by atoms with E-state index in [1.807, 2.05) is 0 Å². The summed E-state index contributed by atoms with van der Waals surface area (Å²) in [5.41, 5.74) is -0.0342. The fourth-order valence-electron chi connectivity index (χ4n) is 3.81. The van der Waals surface area contributed by atoms with Crippen molar-refractivity contribution in [3.05, 3.63) is 59.4 Å². The molecule has 7 nitrogen and oxygen atoms in total. The van der Waals surface area contributed by atoms with Crippen LogP contribution in [0.3, 0.4) is 0 Å². The number of nitrogens with one attached hydrogen (secondary N) is 2. The summed E-state index contributed by atoms with van der Waals surface area (Å²) in [5, 5.41) is 4.45. The molecule has 1 aliphatic rings. The third kappa shape index (κ3) is 5.91. The third-order valence-corrected chi connectivity index (χ3v) is 7.56. The molecule has 3 rings (SSSR count). The predicted octanol–water partition coefficient (Wildman–Crippen LogP) is 3.10. The van der Waals surface area contributed by atoms with Crippen molar-refractivity contribution < 1.29 is 31.2 Å². The second-order valence-electron chi connectivity index (χ2n) is 7.80. The molecule has 1 saturated heterocycles. The molecule has 1 atom stereocenters. The standard InChI is InChI=1S/C22H24F3N3O4S/c1-14-12-15(23)6-8-20(14)33(31,32)28-11-3-2-4-17(28)9-10-26-21(29)22(30)27-19-7-5-16(24)13-18(19)25/h5-8,12-13,17H,2-4,9-11H2,1H3,(H,26,29)(H,27,30)/t17-/m1/s1. The van der Waals surface area contributed by atoms with Crippen molar-refractivity contribution in [3.63, 3.8) is 0 Å². The normalized spacial score (nSPS) is 16.9. The van der Waals surface area contributed by atoms with Crippen LogP contribution in [0.5, 0.6) is 0 Å². The lowest BCUT2D eigenvalue weighted by atomic mass is 10.0. The molecular weight excluding hydrogens is 459 g/mol. The number of anilines is 1. The summed E-state index contributed by atoms with van der Waals surface area (Å²) in [7, 11) is -3.87. The lowest BCUT2D eigenvalue weighted by Gasteiger charge is -2.35. The van der Waals surface area contributed by atoms with Crippen molar-refractivity contribution in [1.29, 1.82) is 0 Å². The molecule has 178 valence electrons. The predicted molar refractivity (Wildman–Crippen MR) is 115 cm³/mol. The monoisotopic (exact) mass is 483 g/mol. The molecule has 1 aliphatic heterocycles. The van der Waals surface area contributed by atoms with Gasteiger partial charge in [-0.3, -0.25) is 9.59 Å². The van der Waals surface area contributed by atoms with Crippen LogP contribution in [0.2, 0.25) is 0 Å². The van der Waals surface area contributed by atoms with E-state index in [1.165, 1.54) is 17.3 Å². The molecule has 33 heavy (non-hydrogen) atoms. The number of amides is 2. The highest BCUT2D eigenvalue weighted by molar-refractivity contribution is 7.89. The number of aryl methyl sites for hydroxylation is 1. The summed E-state index contributed by atoms with van der Waals surface area (Å²) < 4.78 is 67.7. The molecule has 0 radical (unpaired) electrons. The van der Waals surface area contributed by atoms with Gasteiger partial charge in [0.1, 0.15) is 17.5 Å². The third-order valence-electron chi connectivity index (χ3n) is 5.45. The van der Waals surface area contributed by atoms with Gasteiger partial charge in [-0.1, -0.05) is 6.42 Å². The topological polar surface area (TPSA) is 95.6 Å². The van der Waals surface area contributed by atoms with Gasteiger partial charge < -0.3 is 10.6 Å². The Morgan fingerprint density at radius 3 is 2.42 bits per heavy atom. The molecule has 0 bridgehead atoms. The number of sulfonamides is 1. The molecule has 2 aromatic rings. The van der Waals surface area contributed by atoms with Gasteiger partial charge in [-0.15, -0.1) is 0 Å². The molecule has 2 aromatic carbocycles. The number of carbonyl (C=O) groups excluding carboxylic acids is 2. The van der Waals surface area contributed by atoms with E-state index in [9.17, 15) is 31.2 Å². The minimum Gasteiger partial charge on any atom is -0.348 e. The summed E-state index contributed by atoms with van der Waals surface area (Å²) in [6.45, 7) is 1.83. The maximum Gasteiger partial charge on any atom is 0.313 e. The van der Waals surface area contributed by atoms with Gasteiger partial charge in [-0.2, -0.15) is 4.31 Å². The highest BCUT2D eigenvalue weighted by atomic mass is 32.2. The van der Waals surface area contributed by atoms with E-state index in [-0.39, 0.29) is 23.5 Å². The van der Waals surface area contributed by atoms with Crippen LogP contribution in [0.15, 0.2) is 41.3 Å². The lowest BCUT2D eigenvalue weighted by molar-refractivity contribution is -0.136. The quantitative estimate of drug-likeness (QED) is 0.618. The van der Waals surface area contributed by atoms with E-state index < -0.39 is 45.3 Å². The van der Waals surface area contributed by atoms with Gasteiger partial charge in [0.2, 0.25) is 10.0 Å². The Morgan fingerprint density at radius 2 is 1.73 bits per heavy atom. The first-order valence-corrected chi connectivity index (χ1v) is 11.9. The first-order valence-electron chi connectivity index (χ1n) is 10.4. The minimum absolute atomic E-state index is 0.0112. The van der Waals surface area contributed by atoms with E-state index in [0.717, 1.165) is 30.7 Å². The van der Waals surface area contributed by atoms with Gasteiger partial charge in [0.25, 0.3) is 0 Å². The largest absolute Gasteiger partial charge is 0.348 e. The van der Waals surface area contributed by atoms with Crippen molar-refractivity contribution in [1.82, 2.24) is 9.62 Å². The van der Waals surface area contributed by atoms with Crippen LogP contribution in [-0.4, -0.2) is 43.7 Å². The summed E-state index contributed by atoms with van der Waals surface area (Å²) in [5.74, 6) is -4.52. The highest BCUT2D eigenvalue weighted by Crippen LogP contribution is 2.28. The SMILES string of the molecule is Cc1cc(F)ccc1S(=O)(=O)N1CCCC[C@@H]1CCNC(=O)C(=O)Nc1ccc(F)cc1F. The minimum atomic E-state index is -3.87. The maximum absolute atomic E-state index is 13.6. The van der Waals surface area contributed by atoms with Crippen molar-refractivity contribution >= 4 is 27.5 Å². The molecule has 0 aliphatic carbocycles. The molecular formula is C22H24F3N3O4S. The molecule has 1 heterocycles. The Labute approximate surface area is 190 Å². The van der Waals surface area contributed by atoms with Crippen LogP contribution >= 0.6 is 0 Å². The van der Waals surface area contributed by atoms with Gasteiger partial charge >= 0.3 is 11.8 Å². The molecule has 0 saturated carbocycles. The van der Waals surface area contributed by atoms with Gasteiger partial charge in [0, 0.05) is 25.2 Å². The van der Waals surface area contributed by atoms with Crippen molar-refractivity contribution in [2.45, 2.75) is 43.5 Å². The molecule has 0 spiro atoms. The molecule has 2 amide bonds. The van der Waals surface area contributed by atoms with Crippen LogP contribution < -0.4 is 10.6 Å². The number of carbonyl (C=O) groups is 2. The Morgan fingerprint density at radius 1 is 1.03 bits per heavy atom. The zero-order valence-electron chi connectivity index (χ0n) is 17.9. The first kappa shape index (κ1) is 24.7. The molecule has 1 fully saturated rings. The number of hydrogen-bond acceptors (Lipinski definition) is 4. The van der Waals surface area contributed by atoms with Gasteiger partial charge in [0.15, 0.2) is 0 Å². The van der Waals surface area contributed by atoms with E-state index >= 15 is 0 Å². The second-order valence-corrected chi connectivity index (χ2v) is 9.66. The lowest BCUT2D eigenvalue weighted by Crippen LogP contribution is -2.46. The van der Waals surface area contributed by atoms with E-state index in [4.69, 9.17) is 0 Å². The number of rotatable bonds is 6. The van der Waals surface area contributed by atoms with Crippen molar-refractivity contribution in [3.8, 4) is 0 Å². The Balaban J connectivity index is 1.61. The Bertz CT molecular complexity index is 1160. The fourth-order valence-corrected chi connectivity index (χ4v) is 5.74. The maximum atomic E-state index is 13.6. The smallest absolute Gasteiger partial charge is 0.313 e. The fraction of sp³-hybridized carbons (Fsp3) is 0.364. The van der Waals surface area contributed by atoms with Crippen molar-refractivity contribution in [2.75, 3.05) is 18.4 Å². The summed E-state index contributed by atoms with van der Waals surface area (Å²) in [4.78, 5) is 24.1. The molecule has 2 N–H and O–H groups in total. The first-order chi connectivity index (χ1) is 15.6. The second kappa shape index (κ2) is 10.3. The average Bonchev–Trinajstić information content (AvgIpc) is 2.75. The Hall–Kier alpha value is -2.92. The summed E-state index contributed by atoms with van der Waals surface area (Å²) in [6, 6.07) is 5.61. The van der Waals surface area contributed by atoms with Crippen molar-refractivity contribution in [2.24, 2.45) is 0 Å². The number of nitrogens with zero attached hydrogens (tertiary/aromatic N) is 1. The summed E-state index contributed by atoms with van der Waals surface area (Å²) >= 11 is 0. The molecule has 11 heteroatoms. The number of halogens is 3. The van der Waals surface area contributed by atoms with E-state index in [0.29, 0.717) is 31.0 Å². The van der Waals surface area contributed by atoms with Gasteiger partial charge in [-0.05, 0) is 62.1 Å². The zero-order chi connectivity index (χ0) is 24.2. The van der Waals surface area contributed by atoms with Crippen LogP contribution in [0.1, 0.15) is 31.2 Å². The molecule has 0 aromatic heterocycles. The van der Waals surface area contributed by atoms with Crippen LogP contribution in [0, 0.1) is 24.4 Å². The van der Waals surface area contributed by atoms with E-state index in [1.54, 1.807) is 0 Å². The average molecular weight is 484 g/mol. The van der Waals surface area contributed by atoms with Gasteiger partial charge in [-0.25, -0.2) is 21.6 Å².